The van der Waals surface area contributed by atoms with Crippen LogP contribution in [-0.2, 0) is 19.0 Å². The fraction of sp³-hybridized carbons (Fsp3) is 0.900. The van der Waals surface area contributed by atoms with Gasteiger partial charge in [0.25, 0.3) is 6.29 Å². The Morgan fingerprint density at radius 2 is 1.53 bits per heavy atom. The van der Waals surface area contributed by atoms with Gasteiger partial charge in [0.1, 0.15) is 0 Å². The minimum Gasteiger partial charge on any atom is -0.462 e. The van der Waals surface area contributed by atoms with Gasteiger partial charge in [-0.25, -0.2) is 4.79 Å². The maximum Gasteiger partial charge on any atom is 0.363 e. The number of ether oxygens (including phenoxy) is 3. The first-order valence-corrected chi connectivity index (χ1v) is 5.16. The Bertz CT molecular complexity index is 144. The molecule has 85 valence electrons. The van der Waals surface area contributed by atoms with Crippen LogP contribution in [0.4, 0.5) is 0 Å². The van der Waals surface area contributed by atoms with Crippen molar-refractivity contribution < 1.29 is 19.0 Å². The molecule has 0 aromatic heterocycles. The van der Waals surface area contributed by atoms with E-state index in [0.29, 0.717) is 19.8 Å². The van der Waals surface area contributed by atoms with Gasteiger partial charge < -0.3 is 14.2 Å². The Kier molecular flexibility index (Phi) is 14.0. The fourth-order valence-corrected chi connectivity index (χ4v) is 0.844. The second-order valence-corrected chi connectivity index (χ2v) is 2.83. The molecule has 5 heteroatoms. The molecule has 0 bridgehead atoms. The molecule has 0 amide bonds. The van der Waals surface area contributed by atoms with Crippen molar-refractivity contribution in [3.05, 3.63) is 0 Å². The first-order valence-electron chi connectivity index (χ1n) is 5.16. The van der Waals surface area contributed by atoms with Crippen LogP contribution < -0.4 is 0 Å². The number of rotatable bonds is 8. The molecule has 0 aromatic rings. The van der Waals surface area contributed by atoms with E-state index in [1.165, 1.54) is 0 Å². The van der Waals surface area contributed by atoms with Crippen LogP contribution >= 0.6 is 0 Å². The van der Waals surface area contributed by atoms with Crippen LogP contribution in [0.1, 0.15) is 33.6 Å². The predicted octanol–water partition coefficient (Wildman–Crippen LogP) is 1.35. The van der Waals surface area contributed by atoms with Crippen LogP contribution in [0.25, 0.3) is 0 Å². The maximum atomic E-state index is 11.3. The van der Waals surface area contributed by atoms with Gasteiger partial charge in [0.15, 0.2) is 0 Å². The third kappa shape index (κ3) is 8.95. The predicted molar refractivity (Wildman–Crippen MR) is 58.7 cm³/mol. The summed E-state index contributed by atoms with van der Waals surface area (Å²) in [6, 6.07) is 0. The van der Waals surface area contributed by atoms with Gasteiger partial charge in [-0.15, -0.1) is 0 Å². The van der Waals surface area contributed by atoms with Crippen molar-refractivity contribution in [3.8, 4) is 0 Å². The van der Waals surface area contributed by atoms with Crippen molar-refractivity contribution in [2.24, 2.45) is 0 Å². The zero-order chi connectivity index (χ0) is 10.8. The molecule has 0 rings (SSSR count). The number of carbonyl (C=O) groups is 1. The summed E-state index contributed by atoms with van der Waals surface area (Å²) in [5.41, 5.74) is 0. The molecule has 0 saturated heterocycles. The van der Waals surface area contributed by atoms with E-state index >= 15 is 0 Å². The van der Waals surface area contributed by atoms with E-state index in [4.69, 9.17) is 14.2 Å². The summed E-state index contributed by atoms with van der Waals surface area (Å²) >= 11 is 0. The van der Waals surface area contributed by atoms with Gasteiger partial charge in [0.05, 0.1) is 19.8 Å². The minimum absolute atomic E-state index is 0. The average Bonchev–Trinajstić information content (AvgIpc) is 2.18. The third-order valence-corrected chi connectivity index (χ3v) is 1.43. The van der Waals surface area contributed by atoms with Crippen LogP contribution in [0.15, 0.2) is 0 Å². The molecule has 0 heterocycles. The van der Waals surface area contributed by atoms with Crippen molar-refractivity contribution >= 4 is 24.8 Å². The molecule has 0 aliphatic rings. The summed E-state index contributed by atoms with van der Waals surface area (Å²) < 4.78 is 15.2. The molecular weight excluding hydrogens is 191 g/mol. The fourth-order valence-electron chi connectivity index (χ4n) is 0.844. The smallest absolute Gasteiger partial charge is 0.363 e. The van der Waals surface area contributed by atoms with E-state index in [1.54, 1.807) is 6.92 Å². The number of esters is 1. The largest absolute Gasteiger partial charge is 0.462 e. The summed E-state index contributed by atoms with van der Waals surface area (Å²) in [4.78, 5) is 11.3. The summed E-state index contributed by atoms with van der Waals surface area (Å²) in [5.74, 6) is -0.436. The molecule has 0 unspecified atom stereocenters. The molecule has 15 heavy (non-hydrogen) atoms. The van der Waals surface area contributed by atoms with Gasteiger partial charge in [-0.1, -0.05) is 13.8 Å². The standard InChI is InChI=1S/C10H20O4.Li/c1-4-7-13-10(14-8-5-2)9(11)12-6-3;/h10H,4-8H2,1-3H3;. The van der Waals surface area contributed by atoms with Crippen LogP contribution in [0.3, 0.4) is 0 Å². The van der Waals surface area contributed by atoms with E-state index < -0.39 is 12.3 Å². The number of hydrogen-bond donors (Lipinski definition) is 0. The van der Waals surface area contributed by atoms with E-state index in [0.717, 1.165) is 12.8 Å². The van der Waals surface area contributed by atoms with Crippen LogP contribution in [0.5, 0.6) is 0 Å². The topological polar surface area (TPSA) is 44.8 Å². The van der Waals surface area contributed by atoms with E-state index in [-0.39, 0.29) is 18.9 Å². The van der Waals surface area contributed by atoms with Gasteiger partial charge >= 0.3 is 5.97 Å². The molecule has 0 saturated carbocycles. The van der Waals surface area contributed by atoms with Crippen LogP contribution in [-0.4, -0.2) is 50.9 Å². The molecule has 0 aliphatic heterocycles. The average molecular weight is 211 g/mol. The first-order chi connectivity index (χ1) is 6.76. The second kappa shape index (κ2) is 12.1. The first kappa shape index (κ1) is 17.4. The Balaban J connectivity index is 0. The summed E-state index contributed by atoms with van der Waals surface area (Å²) in [6.45, 7) is 7.07. The maximum absolute atomic E-state index is 11.3. The molecule has 0 atom stereocenters. The van der Waals surface area contributed by atoms with Gasteiger partial charge in [-0.05, 0) is 19.8 Å². The Hall–Kier alpha value is -0.0126. The van der Waals surface area contributed by atoms with E-state index in [2.05, 4.69) is 0 Å². The molecule has 4 nitrogen and oxygen atoms in total. The SMILES string of the molecule is CCCOC(OCCC)C(=O)OCC.[Li]. The zero-order valence-electron chi connectivity index (χ0n) is 10.2. The second-order valence-electron chi connectivity index (χ2n) is 2.83. The van der Waals surface area contributed by atoms with Gasteiger partial charge in [0, 0.05) is 18.9 Å². The molecule has 0 fully saturated rings. The molecular formula is C10H20LiO4. The van der Waals surface area contributed by atoms with Crippen molar-refractivity contribution in [2.45, 2.75) is 39.9 Å². The summed E-state index contributed by atoms with van der Waals surface area (Å²) in [6.07, 6.45) is 0.853. The number of hydrogen-bond acceptors (Lipinski definition) is 4. The molecule has 0 N–H and O–H groups in total. The normalized spacial score (nSPS) is 9.87. The molecule has 0 aromatic carbocycles. The van der Waals surface area contributed by atoms with Crippen molar-refractivity contribution in [3.63, 3.8) is 0 Å². The Labute approximate surface area is 104 Å². The van der Waals surface area contributed by atoms with Crippen LogP contribution in [0, 0.1) is 0 Å². The summed E-state index contributed by atoms with van der Waals surface area (Å²) in [7, 11) is 0. The quantitative estimate of drug-likeness (QED) is 0.345. The van der Waals surface area contributed by atoms with E-state index in [9.17, 15) is 4.79 Å². The Morgan fingerprint density at radius 1 is 1.07 bits per heavy atom. The summed E-state index contributed by atoms with van der Waals surface area (Å²) in [5, 5.41) is 0. The van der Waals surface area contributed by atoms with Crippen molar-refractivity contribution in [1.29, 1.82) is 0 Å². The van der Waals surface area contributed by atoms with Crippen molar-refractivity contribution in [2.75, 3.05) is 19.8 Å². The zero-order valence-corrected chi connectivity index (χ0v) is 10.2. The minimum atomic E-state index is -0.852. The molecule has 0 spiro atoms. The third-order valence-electron chi connectivity index (χ3n) is 1.43. The van der Waals surface area contributed by atoms with Crippen LogP contribution in [0.2, 0.25) is 0 Å². The molecule has 1 radical (unpaired) electrons. The van der Waals surface area contributed by atoms with Gasteiger partial charge in [0.2, 0.25) is 0 Å². The molecule has 0 aliphatic carbocycles. The van der Waals surface area contributed by atoms with Crippen molar-refractivity contribution in [1.82, 2.24) is 0 Å². The van der Waals surface area contributed by atoms with E-state index in [1.807, 2.05) is 13.8 Å². The van der Waals surface area contributed by atoms with Gasteiger partial charge in [-0.3, -0.25) is 0 Å². The van der Waals surface area contributed by atoms with Gasteiger partial charge in [-0.2, -0.15) is 0 Å². The monoisotopic (exact) mass is 211 g/mol. The Morgan fingerprint density at radius 3 is 1.87 bits per heavy atom. The number of carbonyl (C=O) groups excluding carboxylic acids is 1.